The lowest BCUT2D eigenvalue weighted by Gasteiger charge is -2.35. The second-order valence-electron chi connectivity index (χ2n) is 13.1. The summed E-state index contributed by atoms with van der Waals surface area (Å²) in [4.78, 5) is 34.3. The van der Waals surface area contributed by atoms with E-state index < -0.39 is 23.1 Å². The van der Waals surface area contributed by atoms with Gasteiger partial charge in [-0.25, -0.2) is 9.78 Å². The Hall–Kier alpha value is -3.66. The van der Waals surface area contributed by atoms with E-state index in [0.717, 1.165) is 48.4 Å². The summed E-state index contributed by atoms with van der Waals surface area (Å²) in [7, 11) is 0. The maximum atomic E-state index is 13.7. The van der Waals surface area contributed by atoms with Crippen LogP contribution in [0.3, 0.4) is 0 Å². The summed E-state index contributed by atoms with van der Waals surface area (Å²) in [6.45, 7) is 15.6. The number of nitrogen functional groups attached to an aromatic ring is 1. The number of likely N-dealkylation sites (tertiary alicyclic amines) is 1. The topological polar surface area (TPSA) is 126 Å². The third-order valence-corrected chi connectivity index (χ3v) is 7.51. The number of amides is 1. The molecular weight excluding hydrogens is 520 g/mol. The van der Waals surface area contributed by atoms with Gasteiger partial charge >= 0.3 is 12.1 Å². The predicted octanol–water partition coefficient (Wildman–Crippen LogP) is 5.67. The number of aromatic nitrogens is 3. The van der Waals surface area contributed by atoms with E-state index in [1.165, 1.54) is 0 Å². The van der Waals surface area contributed by atoms with Gasteiger partial charge in [-0.2, -0.15) is 9.61 Å². The SMILES string of the molecule is CC(C)c1cnn2c(N(Cc3cccc(N)c3)C(=O)OC(C)(C)C)cc(C3CCN(CC(C)(C)C(=O)O)CC3)nc12. The highest BCUT2D eigenvalue weighted by atomic mass is 16.6. The molecule has 0 atom stereocenters. The molecule has 1 fully saturated rings. The molecule has 0 aliphatic carbocycles. The molecule has 4 rings (SSSR count). The highest BCUT2D eigenvalue weighted by molar-refractivity contribution is 5.87. The molecule has 3 aromatic rings. The number of carbonyl (C=O) groups excluding carboxylic acids is 1. The van der Waals surface area contributed by atoms with Crippen molar-refractivity contribution in [3.8, 4) is 0 Å². The largest absolute Gasteiger partial charge is 0.481 e. The van der Waals surface area contributed by atoms with E-state index in [-0.39, 0.29) is 18.4 Å². The molecule has 1 aliphatic heterocycles. The van der Waals surface area contributed by atoms with Crippen molar-refractivity contribution in [1.82, 2.24) is 19.5 Å². The Kier molecular flexibility index (Phi) is 8.63. The lowest BCUT2D eigenvalue weighted by atomic mass is 9.89. The van der Waals surface area contributed by atoms with Gasteiger partial charge < -0.3 is 20.5 Å². The molecule has 3 N–H and O–H groups in total. The van der Waals surface area contributed by atoms with Crippen LogP contribution in [0.5, 0.6) is 0 Å². The molecule has 10 heteroatoms. The zero-order valence-corrected chi connectivity index (χ0v) is 25.3. The van der Waals surface area contributed by atoms with Crippen molar-refractivity contribution in [3.63, 3.8) is 0 Å². The minimum Gasteiger partial charge on any atom is -0.481 e. The number of carbonyl (C=O) groups is 2. The Morgan fingerprint density at radius 3 is 2.41 bits per heavy atom. The van der Waals surface area contributed by atoms with Crippen LogP contribution in [0.4, 0.5) is 16.3 Å². The second kappa shape index (κ2) is 11.7. The Bertz CT molecular complexity index is 1400. The first-order valence-electron chi connectivity index (χ1n) is 14.3. The number of aliphatic carboxylic acids is 1. The highest BCUT2D eigenvalue weighted by Gasteiger charge is 2.33. The summed E-state index contributed by atoms with van der Waals surface area (Å²) in [5, 5.41) is 14.2. The molecule has 0 bridgehead atoms. The van der Waals surface area contributed by atoms with Crippen molar-refractivity contribution < 1.29 is 19.4 Å². The third kappa shape index (κ3) is 7.16. The molecule has 10 nitrogen and oxygen atoms in total. The Morgan fingerprint density at radius 2 is 1.83 bits per heavy atom. The number of benzene rings is 1. The normalized spacial score (nSPS) is 15.4. The van der Waals surface area contributed by atoms with Crippen LogP contribution in [0.15, 0.2) is 36.5 Å². The predicted molar refractivity (Wildman–Crippen MR) is 160 cm³/mol. The molecular formula is C31H44N6O4. The average molecular weight is 565 g/mol. The Morgan fingerprint density at radius 1 is 1.15 bits per heavy atom. The summed E-state index contributed by atoms with van der Waals surface area (Å²) in [6, 6.07) is 9.44. The first-order valence-corrected chi connectivity index (χ1v) is 14.3. The maximum absolute atomic E-state index is 13.7. The monoisotopic (exact) mass is 564 g/mol. The van der Waals surface area contributed by atoms with Gasteiger partial charge in [-0.3, -0.25) is 9.69 Å². The summed E-state index contributed by atoms with van der Waals surface area (Å²) in [5.74, 6) is 0.140. The number of nitrogens with zero attached hydrogens (tertiary/aromatic N) is 5. The number of anilines is 2. The van der Waals surface area contributed by atoms with Crippen LogP contribution < -0.4 is 10.6 Å². The number of fused-ring (bicyclic) bond motifs is 1. The van der Waals surface area contributed by atoms with E-state index in [9.17, 15) is 14.7 Å². The van der Waals surface area contributed by atoms with Crippen molar-refractivity contribution in [3.05, 3.63) is 53.3 Å². The number of piperidine rings is 1. The number of rotatable bonds is 8. The van der Waals surface area contributed by atoms with Crippen molar-refractivity contribution in [1.29, 1.82) is 0 Å². The quantitative estimate of drug-likeness (QED) is 0.335. The maximum Gasteiger partial charge on any atom is 0.416 e. The van der Waals surface area contributed by atoms with Gasteiger partial charge in [0.25, 0.3) is 0 Å². The standard InChI is InChI=1S/C31H44N6O4/c1-20(2)24-17-33-37-26(36(29(40)41-30(3,4)5)18-21-9-8-10-23(32)15-21)16-25(34-27(24)37)22-11-13-35(14-12-22)19-31(6,7)28(38)39/h8-10,15-17,20,22H,11-14,18-19,32H2,1-7H3,(H,38,39). The molecule has 0 radical (unpaired) electrons. The van der Waals surface area contributed by atoms with Crippen molar-refractivity contribution in [2.24, 2.45) is 5.41 Å². The van der Waals surface area contributed by atoms with Crippen LogP contribution in [0.25, 0.3) is 5.65 Å². The van der Waals surface area contributed by atoms with Crippen LogP contribution in [-0.2, 0) is 16.1 Å². The molecule has 1 aliphatic rings. The molecule has 1 amide bonds. The number of carboxylic acid groups (broad SMARTS) is 1. The van der Waals surface area contributed by atoms with E-state index in [2.05, 4.69) is 23.8 Å². The molecule has 222 valence electrons. The minimum atomic E-state index is -0.810. The van der Waals surface area contributed by atoms with Gasteiger partial charge in [0.2, 0.25) is 0 Å². The summed E-state index contributed by atoms with van der Waals surface area (Å²) < 4.78 is 7.60. The van der Waals surface area contributed by atoms with Crippen LogP contribution in [0, 0.1) is 5.41 Å². The first-order chi connectivity index (χ1) is 19.1. The van der Waals surface area contributed by atoms with Gasteiger partial charge in [0, 0.05) is 35.5 Å². The molecule has 0 spiro atoms. The lowest BCUT2D eigenvalue weighted by molar-refractivity contribution is -0.148. The molecule has 41 heavy (non-hydrogen) atoms. The molecule has 0 unspecified atom stereocenters. The van der Waals surface area contributed by atoms with Crippen LogP contribution in [0.1, 0.15) is 90.0 Å². The van der Waals surface area contributed by atoms with Gasteiger partial charge in [-0.05, 0) is 84.2 Å². The summed E-state index contributed by atoms with van der Waals surface area (Å²) in [6.07, 6.45) is 3.02. The number of ether oxygens (including phenoxy) is 1. The number of carboxylic acids is 1. The first kappa shape index (κ1) is 30.3. The summed E-state index contributed by atoms with van der Waals surface area (Å²) >= 11 is 0. The third-order valence-electron chi connectivity index (χ3n) is 7.51. The number of hydrogen-bond acceptors (Lipinski definition) is 7. The Labute approximate surface area is 242 Å². The zero-order valence-electron chi connectivity index (χ0n) is 25.3. The molecule has 3 heterocycles. The van der Waals surface area contributed by atoms with Gasteiger partial charge in [0.15, 0.2) is 5.65 Å². The van der Waals surface area contributed by atoms with Crippen LogP contribution in [0.2, 0.25) is 0 Å². The molecule has 2 aromatic heterocycles. The van der Waals surface area contributed by atoms with Crippen LogP contribution >= 0.6 is 0 Å². The fraction of sp³-hybridized carbons (Fsp3) is 0.548. The Balaban J connectivity index is 1.74. The zero-order chi connectivity index (χ0) is 30.1. The van der Waals surface area contributed by atoms with Crippen molar-refractivity contribution in [2.75, 3.05) is 30.3 Å². The molecule has 1 saturated heterocycles. The molecule has 0 saturated carbocycles. The van der Waals surface area contributed by atoms with Gasteiger partial charge in [0.05, 0.1) is 18.2 Å². The van der Waals surface area contributed by atoms with Crippen LogP contribution in [-0.4, -0.2) is 61.9 Å². The van der Waals surface area contributed by atoms with E-state index in [1.807, 2.05) is 57.3 Å². The van der Waals surface area contributed by atoms with E-state index in [1.54, 1.807) is 23.3 Å². The molecule has 1 aromatic carbocycles. The number of hydrogen-bond donors (Lipinski definition) is 2. The second-order valence-corrected chi connectivity index (χ2v) is 13.1. The number of nitrogens with two attached hydrogens (primary N) is 1. The van der Waals surface area contributed by atoms with Gasteiger partial charge in [0.1, 0.15) is 11.4 Å². The summed E-state index contributed by atoms with van der Waals surface area (Å²) in [5.41, 5.74) is 8.67. The fourth-order valence-corrected chi connectivity index (χ4v) is 5.23. The van der Waals surface area contributed by atoms with Crippen molar-refractivity contribution in [2.45, 2.75) is 85.3 Å². The van der Waals surface area contributed by atoms with Gasteiger partial charge in [-0.15, -0.1) is 0 Å². The highest BCUT2D eigenvalue weighted by Crippen LogP contribution is 2.34. The minimum absolute atomic E-state index is 0.158. The van der Waals surface area contributed by atoms with E-state index in [4.69, 9.17) is 15.5 Å². The van der Waals surface area contributed by atoms with Gasteiger partial charge in [-0.1, -0.05) is 26.0 Å². The average Bonchev–Trinajstić information content (AvgIpc) is 3.30. The lowest BCUT2D eigenvalue weighted by Crippen LogP contribution is -2.43. The van der Waals surface area contributed by atoms with E-state index in [0.29, 0.717) is 18.1 Å². The smallest absolute Gasteiger partial charge is 0.416 e. The fourth-order valence-electron chi connectivity index (χ4n) is 5.23. The van der Waals surface area contributed by atoms with E-state index >= 15 is 0 Å². The van der Waals surface area contributed by atoms with Crippen molar-refractivity contribution >= 4 is 29.2 Å².